The summed E-state index contributed by atoms with van der Waals surface area (Å²) in [5.74, 6) is -1.57. The minimum Gasteiger partial charge on any atom is -0.336 e. The molecule has 0 heterocycles. The molecule has 0 bridgehead atoms. The summed E-state index contributed by atoms with van der Waals surface area (Å²) in [7, 11) is 0. The number of nitrogens with one attached hydrogen (secondary N) is 1. The second-order valence-corrected chi connectivity index (χ2v) is 3.48. The molecule has 7 heteroatoms. The Morgan fingerprint density at radius 3 is 2.83 bits per heavy atom. The highest BCUT2D eigenvalue weighted by molar-refractivity contribution is 5.98. The van der Waals surface area contributed by atoms with Crippen molar-refractivity contribution in [2.75, 3.05) is 0 Å². The van der Waals surface area contributed by atoms with Gasteiger partial charge in [0, 0.05) is 0 Å². The van der Waals surface area contributed by atoms with Gasteiger partial charge < -0.3 is 5.32 Å². The summed E-state index contributed by atoms with van der Waals surface area (Å²) in [6, 6.07) is 3.75. The third kappa shape index (κ3) is 3.01. The number of halogens is 1. The summed E-state index contributed by atoms with van der Waals surface area (Å²) in [6.07, 6.45) is 0.372. The zero-order chi connectivity index (χ0) is 13.7. The van der Waals surface area contributed by atoms with Crippen LogP contribution in [0.1, 0.15) is 23.7 Å². The molecule has 18 heavy (non-hydrogen) atoms. The first-order valence-electron chi connectivity index (χ1n) is 5.14. The van der Waals surface area contributed by atoms with Gasteiger partial charge in [-0.25, -0.2) is 4.39 Å². The summed E-state index contributed by atoms with van der Waals surface area (Å²) in [4.78, 5) is 21.6. The van der Waals surface area contributed by atoms with E-state index in [0.717, 1.165) is 12.1 Å². The van der Waals surface area contributed by atoms with Crippen LogP contribution in [0.15, 0.2) is 18.2 Å². The molecule has 1 amide bonds. The molecule has 94 valence electrons. The Hall–Kier alpha value is -2.49. The van der Waals surface area contributed by atoms with Crippen LogP contribution >= 0.6 is 0 Å². The fourth-order valence-corrected chi connectivity index (χ4v) is 1.31. The molecule has 0 aliphatic carbocycles. The Kier molecular flexibility index (Phi) is 4.32. The molecule has 1 aromatic rings. The average Bonchev–Trinajstić information content (AvgIpc) is 2.35. The van der Waals surface area contributed by atoms with Crippen molar-refractivity contribution >= 4 is 11.6 Å². The first-order chi connectivity index (χ1) is 8.49. The molecule has 0 saturated carbocycles. The van der Waals surface area contributed by atoms with Crippen LogP contribution in [-0.4, -0.2) is 16.9 Å². The van der Waals surface area contributed by atoms with Crippen molar-refractivity contribution in [3.8, 4) is 6.07 Å². The van der Waals surface area contributed by atoms with E-state index < -0.39 is 28.4 Å². The minimum atomic E-state index is -0.842. The molecule has 0 spiro atoms. The quantitative estimate of drug-likeness (QED) is 0.651. The van der Waals surface area contributed by atoms with Crippen LogP contribution in [0.3, 0.4) is 0 Å². The van der Waals surface area contributed by atoms with E-state index in [1.54, 1.807) is 6.92 Å². The minimum absolute atomic E-state index is 0.268. The van der Waals surface area contributed by atoms with Crippen LogP contribution < -0.4 is 5.32 Å². The van der Waals surface area contributed by atoms with Gasteiger partial charge in [-0.15, -0.1) is 0 Å². The third-order valence-electron chi connectivity index (χ3n) is 2.27. The smallest absolute Gasteiger partial charge is 0.285 e. The molecule has 1 atom stereocenters. The number of nitriles is 1. The van der Waals surface area contributed by atoms with Crippen molar-refractivity contribution in [1.82, 2.24) is 5.32 Å². The third-order valence-corrected chi connectivity index (χ3v) is 2.27. The lowest BCUT2D eigenvalue weighted by atomic mass is 10.1. The summed E-state index contributed by atoms with van der Waals surface area (Å²) in [5, 5.41) is 21.7. The van der Waals surface area contributed by atoms with E-state index in [1.807, 2.05) is 6.07 Å². The molecule has 0 fully saturated rings. The predicted molar refractivity (Wildman–Crippen MR) is 60.2 cm³/mol. The highest BCUT2D eigenvalue weighted by atomic mass is 19.1. The molecular weight excluding hydrogens is 241 g/mol. The largest absolute Gasteiger partial charge is 0.336 e. The van der Waals surface area contributed by atoms with Gasteiger partial charge in [0.2, 0.25) is 0 Å². The zero-order valence-electron chi connectivity index (χ0n) is 9.51. The summed E-state index contributed by atoms with van der Waals surface area (Å²) in [5.41, 5.74) is -0.893. The Morgan fingerprint density at radius 2 is 2.33 bits per heavy atom. The van der Waals surface area contributed by atoms with Crippen LogP contribution in [0.5, 0.6) is 0 Å². The molecule has 0 aromatic heterocycles. The number of nitro benzene ring substituents is 1. The van der Waals surface area contributed by atoms with Gasteiger partial charge in [-0.3, -0.25) is 14.9 Å². The van der Waals surface area contributed by atoms with E-state index >= 15 is 0 Å². The van der Waals surface area contributed by atoms with E-state index in [1.165, 1.54) is 0 Å². The molecule has 1 aromatic carbocycles. The number of amides is 1. The number of nitrogens with zero attached hydrogens (tertiary/aromatic N) is 2. The Labute approximate surface area is 102 Å². The second kappa shape index (κ2) is 5.72. The molecule has 0 aliphatic heterocycles. The normalized spacial score (nSPS) is 11.4. The number of rotatable bonds is 4. The first-order valence-corrected chi connectivity index (χ1v) is 5.14. The maximum atomic E-state index is 12.9. The van der Waals surface area contributed by atoms with Crippen LogP contribution in [0.4, 0.5) is 10.1 Å². The van der Waals surface area contributed by atoms with E-state index in [9.17, 15) is 19.3 Å². The highest BCUT2D eigenvalue weighted by Crippen LogP contribution is 2.19. The number of hydrogen-bond donors (Lipinski definition) is 1. The SMILES string of the molecule is CCC(C#N)NC(=O)c1ccc(F)cc1[N+](=O)[O-]. The second-order valence-electron chi connectivity index (χ2n) is 3.48. The lowest BCUT2D eigenvalue weighted by molar-refractivity contribution is -0.385. The van der Waals surface area contributed by atoms with Crippen LogP contribution in [-0.2, 0) is 0 Å². The van der Waals surface area contributed by atoms with E-state index in [2.05, 4.69) is 5.32 Å². The van der Waals surface area contributed by atoms with Gasteiger partial charge in [0.1, 0.15) is 17.4 Å². The molecule has 1 rings (SSSR count). The van der Waals surface area contributed by atoms with Crippen LogP contribution in [0.25, 0.3) is 0 Å². The molecule has 1 N–H and O–H groups in total. The number of hydrogen-bond acceptors (Lipinski definition) is 4. The Balaban J connectivity index is 3.06. The predicted octanol–water partition coefficient (Wildman–Crippen LogP) is 1.77. The van der Waals surface area contributed by atoms with Gasteiger partial charge in [-0.1, -0.05) is 6.92 Å². The Bertz CT molecular complexity index is 525. The first kappa shape index (κ1) is 13.6. The van der Waals surface area contributed by atoms with Crippen LogP contribution in [0, 0.1) is 27.3 Å². The van der Waals surface area contributed by atoms with Crippen molar-refractivity contribution in [3.05, 3.63) is 39.7 Å². The van der Waals surface area contributed by atoms with Crippen LogP contribution in [0.2, 0.25) is 0 Å². The van der Waals surface area contributed by atoms with Crippen molar-refractivity contribution in [3.63, 3.8) is 0 Å². The van der Waals surface area contributed by atoms with Crippen molar-refractivity contribution in [1.29, 1.82) is 5.26 Å². The van der Waals surface area contributed by atoms with E-state index in [0.29, 0.717) is 12.5 Å². The van der Waals surface area contributed by atoms with Crippen molar-refractivity contribution in [2.24, 2.45) is 0 Å². The van der Waals surface area contributed by atoms with E-state index in [4.69, 9.17) is 5.26 Å². The van der Waals surface area contributed by atoms with Gasteiger partial charge in [-0.2, -0.15) is 5.26 Å². The standard InChI is InChI=1S/C11H10FN3O3/c1-2-8(6-13)14-11(16)9-4-3-7(12)5-10(9)15(17)18/h3-5,8H,2H2,1H3,(H,14,16). The molecular formula is C11H10FN3O3. The molecule has 0 saturated heterocycles. The number of nitro groups is 1. The van der Waals surface area contributed by atoms with Crippen molar-refractivity contribution < 1.29 is 14.1 Å². The lowest BCUT2D eigenvalue weighted by Crippen LogP contribution is -2.33. The average molecular weight is 251 g/mol. The van der Waals surface area contributed by atoms with Gasteiger partial charge in [0.25, 0.3) is 11.6 Å². The topological polar surface area (TPSA) is 96.0 Å². The highest BCUT2D eigenvalue weighted by Gasteiger charge is 2.22. The van der Waals surface area contributed by atoms with E-state index in [-0.39, 0.29) is 5.56 Å². The van der Waals surface area contributed by atoms with Gasteiger partial charge in [0.05, 0.1) is 17.1 Å². The summed E-state index contributed by atoms with van der Waals surface area (Å²) >= 11 is 0. The maximum absolute atomic E-state index is 12.9. The number of benzene rings is 1. The zero-order valence-corrected chi connectivity index (χ0v) is 9.51. The lowest BCUT2D eigenvalue weighted by Gasteiger charge is -2.09. The fourth-order valence-electron chi connectivity index (χ4n) is 1.31. The van der Waals surface area contributed by atoms with Gasteiger partial charge in [0.15, 0.2) is 0 Å². The molecule has 1 unspecified atom stereocenters. The Morgan fingerprint density at radius 1 is 1.67 bits per heavy atom. The maximum Gasteiger partial charge on any atom is 0.285 e. The number of carbonyl (C=O) groups is 1. The molecule has 6 nitrogen and oxygen atoms in total. The fraction of sp³-hybridized carbons (Fsp3) is 0.273. The molecule has 0 radical (unpaired) electrons. The summed E-state index contributed by atoms with van der Waals surface area (Å²) < 4.78 is 12.9. The monoisotopic (exact) mass is 251 g/mol. The number of carbonyl (C=O) groups excluding carboxylic acids is 1. The summed E-state index contributed by atoms with van der Waals surface area (Å²) in [6.45, 7) is 1.69. The van der Waals surface area contributed by atoms with Crippen molar-refractivity contribution in [2.45, 2.75) is 19.4 Å². The van der Waals surface area contributed by atoms with Gasteiger partial charge >= 0.3 is 0 Å². The van der Waals surface area contributed by atoms with Gasteiger partial charge in [-0.05, 0) is 18.6 Å². The molecule has 0 aliphatic rings.